The highest BCUT2D eigenvalue weighted by Gasteiger charge is 2.51. The topological polar surface area (TPSA) is 62.5 Å². The molecule has 1 heterocycles. The molecule has 0 spiro atoms. The van der Waals surface area contributed by atoms with Crippen LogP contribution >= 0.6 is 0 Å². The Balaban J connectivity index is 1.13. The third-order valence-electron chi connectivity index (χ3n) is 11.2. The Labute approximate surface area is 286 Å². The Morgan fingerprint density at radius 2 is 0.959 bits per heavy atom. The van der Waals surface area contributed by atoms with E-state index < -0.39 is 0 Å². The summed E-state index contributed by atoms with van der Waals surface area (Å²) in [6.45, 7) is 0. The van der Waals surface area contributed by atoms with Gasteiger partial charge in [0.15, 0.2) is 17.5 Å². The largest absolute Gasteiger partial charge is 0.208 e. The van der Waals surface area contributed by atoms with E-state index in [0.29, 0.717) is 28.5 Å². The maximum atomic E-state index is 13.7. The molecule has 0 saturated heterocycles. The molecule has 10 rings (SSSR count). The summed E-state index contributed by atoms with van der Waals surface area (Å²) >= 11 is 0. The maximum absolute atomic E-state index is 13.7. The summed E-state index contributed by atoms with van der Waals surface area (Å²) in [6.07, 6.45) is 8.28. The van der Waals surface area contributed by atoms with Crippen LogP contribution in [0.3, 0.4) is 0 Å². The van der Waals surface area contributed by atoms with Crippen LogP contribution in [0.15, 0.2) is 121 Å². The molecule has 4 bridgehead atoms. The zero-order valence-electron chi connectivity index (χ0n) is 27.2. The minimum atomic E-state index is -0.262. The van der Waals surface area contributed by atoms with Crippen LogP contribution in [0, 0.1) is 34.9 Å². The van der Waals surface area contributed by atoms with Gasteiger partial charge < -0.3 is 0 Å². The molecule has 0 N–H and O–H groups in total. The van der Waals surface area contributed by atoms with Crippen LogP contribution in [0.25, 0.3) is 56.4 Å². The van der Waals surface area contributed by atoms with Gasteiger partial charge in [-0.3, -0.25) is 0 Å². The number of rotatable bonds is 6. The third kappa shape index (κ3) is 5.62. The predicted molar refractivity (Wildman–Crippen MR) is 192 cm³/mol. The number of nitriles is 1. The molecule has 4 saturated carbocycles. The van der Waals surface area contributed by atoms with Crippen LogP contribution in [0.5, 0.6) is 0 Å². The number of benzene rings is 5. The summed E-state index contributed by atoms with van der Waals surface area (Å²) < 4.78 is 13.7. The molecule has 4 aliphatic rings. The number of halogens is 1. The molecule has 4 fully saturated rings. The first-order chi connectivity index (χ1) is 24.0. The minimum absolute atomic E-state index is 0.262. The van der Waals surface area contributed by atoms with Crippen molar-refractivity contribution in [3.63, 3.8) is 0 Å². The quantitative estimate of drug-likeness (QED) is 0.182. The molecular formula is C44H35FN4. The fourth-order valence-electron chi connectivity index (χ4n) is 9.29. The van der Waals surface area contributed by atoms with Crippen LogP contribution in [0.4, 0.5) is 4.39 Å². The van der Waals surface area contributed by atoms with Crippen LogP contribution in [0.1, 0.15) is 49.7 Å². The van der Waals surface area contributed by atoms with Gasteiger partial charge in [0.05, 0.1) is 11.6 Å². The van der Waals surface area contributed by atoms with E-state index in [1.807, 2.05) is 60.7 Å². The predicted octanol–water partition coefficient (Wildman–Crippen LogP) is 10.7. The molecule has 0 amide bonds. The van der Waals surface area contributed by atoms with Gasteiger partial charge in [0.25, 0.3) is 0 Å². The molecule has 1 aromatic heterocycles. The highest BCUT2D eigenvalue weighted by Crippen LogP contribution is 2.60. The number of hydrogen-bond acceptors (Lipinski definition) is 4. The van der Waals surface area contributed by atoms with E-state index in [1.165, 1.54) is 56.2 Å². The molecular weight excluding hydrogens is 604 g/mol. The van der Waals surface area contributed by atoms with Crippen molar-refractivity contribution in [3.05, 3.63) is 138 Å². The second-order valence-electron chi connectivity index (χ2n) is 14.4. The summed E-state index contributed by atoms with van der Waals surface area (Å²) in [7, 11) is 0. The molecule has 4 nitrogen and oxygen atoms in total. The minimum Gasteiger partial charge on any atom is -0.208 e. The first-order valence-corrected chi connectivity index (χ1v) is 17.3. The van der Waals surface area contributed by atoms with E-state index in [9.17, 15) is 9.65 Å². The van der Waals surface area contributed by atoms with E-state index in [1.54, 1.807) is 12.1 Å². The van der Waals surface area contributed by atoms with Crippen molar-refractivity contribution >= 4 is 0 Å². The second kappa shape index (κ2) is 11.9. The highest BCUT2D eigenvalue weighted by molar-refractivity contribution is 5.75. The van der Waals surface area contributed by atoms with Gasteiger partial charge in [-0.05, 0) is 126 Å². The first kappa shape index (κ1) is 29.7. The molecule has 0 radical (unpaired) electrons. The van der Waals surface area contributed by atoms with Gasteiger partial charge in [-0.15, -0.1) is 0 Å². The van der Waals surface area contributed by atoms with Crippen molar-refractivity contribution < 1.29 is 4.39 Å². The van der Waals surface area contributed by atoms with Crippen molar-refractivity contribution in [1.29, 1.82) is 5.26 Å². The van der Waals surface area contributed by atoms with Crippen molar-refractivity contribution in [2.45, 2.75) is 43.9 Å². The molecule has 4 aliphatic carbocycles. The second-order valence-corrected chi connectivity index (χ2v) is 14.4. The fraction of sp³-hybridized carbons (Fsp3) is 0.227. The third-order valence-corrected chi connectivity index (χ3v) is 11.2. The standard InChI is InChI=1S/C44H35FN4/c45-40-16-12-32(13-17-40)35-6-2-8-37(22-35)42-47-41(33-10-14-39(15-11-33)44-24-29-18-30(25-44)20-31(19-29)26-44)48-43(49-42)38-9-3-7-36(23-38)34-5-1-4-28(21-34)27-46/h1-17,21-23,29-31H,18-20,24-26H2/t29-,30+,31?,44?. The van der Waals surface area contributed by atoms with Crippen molar-refractivity contribution in [2.75, 3.05) is 0 Å². The number of hydrogen-bond donors (Lipinski definition) is 0. The zero-order valence-corrected chi connectivity index (χ0v) is 27.2. The van der Waals surface area contributed by atoms with Gasteiger partial charge >= 0.3 is 0 Å². The van der Waals surface area contributed by atoms with Gasteiger partial charge in [-0.1, -0.05) is 84.9 Å². The van der Waals surface area contributed by atoms with Gasteiger partial charge in [0.2, 0.25) is 0 Å². The van der Waals surface area contributed by atoms with Crippen LogP contribution in [-0.2, 0) is 5.41 Å². The molecule has 5 aromatic carbocycles. The van der Waals surface area contributed by atoms with Gasteiger partial charge in [-0.2, -0.15) is 5.26 Å². The van der Waals surface area contributed by atoms with E-state index in [0.717, 1.165) is 56.7 Å². The summed E-state index contributed by atoms with van der Waals surface area (Å²) in [5, 5.41) is 9.48. The molecule has 238 valence electrons. The normalized spacial score (nSPS) is 22.2. The van der Waals surface area contributed by atoms with E-state index in [4.69, 9.17) is 15.0 Å². The zero-order chi connectivity index (χ0) is 33.0. The van der Waals surface area contributed by atoms with Crippen LogP contribution < -0.4 is 0 Å². The lowest BCUT2D eigenvalue weighted by Gasteiger charge is -2.57. The summed E-state index contributed by atoms with van der Waals surface area (Å²) in [4.78, 5) is 15.1. The first-order valence-electron chi connectivity index (χ1n) is 17.3. The Morgan fingerprint density at radius 1 is 0.510 bits per heavy atom. The lowest BCUT2D eigenvalue weighted by molar-refractivity contribution is -0.00518. The number of nitrogens with zero attached hydrogens (tertiary/aromatic N) is 4. The number of aromatic nitrogens is 3. The van der Waals surface area contributed by atoms with E-state index >= 15 is 0 Å². The maximum Gasteiger partial charge on any atom is 0.164 e. The van der Waals surface area contributed by atoms with Crippen molar-refractivity contribution in [3.8, 4) is 62.5 Å². The van der Waals surface area contributed by atoms with Crippen LogP contribution in [0.2, 0.25) is 0 Å². The van der Waals surface area contributed by atoms with Gasteiger partial charge in [0, 0.05) is 16.7 Å². The molecule has 0 atom stereocenters. The van der Waals surface area contributed by atoms with Crippen LogP contribution in [-0.4, -0.2) is 15.0 Å². The highest BCUT2D eigenvalue weighted by atomic mass is 19.1. The van der Waals surface area contributed by atoms with Crippen molar-refractivity contribution in [2.24, 2.45) is 17.8 Å². The molecule has 5 heteroatoms. The average Bonchev–Trinajstić information content (AvgIpc) is 3.14. The smallest absolute Gasteiger partial charge is 0.164 e. The Morgan fingerprint density at radius 3 is 1.51 bits per heavy atom. The fourth-order valence-corrected chi connectivity index (χ4v) is 9.29. The lowest BCUT2D eigenvalue weighted by atomic mass is 9.48. The molecule has 0 aliphatic heterocycles. The Kier molecular flexibility index (Phi) is 7.20. The van der Waals surface area contributed by atoms with E-state index in [2.05, 4.69) is 42.5 Å². The Hall–Kier alpha value is -5.47. The van der Waals surface area contributed by atoms with Gasteiger partial charge in [-0.25, -0.2) is 19.3 Å². The monoisotopic (exact) mass is 638 g/mol. The summed E-state index contributed by atoms with van der Waals surface area (Å²) in [5.41, 5.74) is 8.93. The van der Waals surface area contributed by atoms with E-state index in [-0.39, 0.29) is 5.82 Å². The summed E-state index contributed by atoms with van der Waals surface area (Å²) in [5.74, 6) is 4.19. The molecule has 0 unspecified atom stereocenters. The Bertz CT molecular complexity index is 2200. The average molecular weight is 639 g/mol. The van der Waals surface area contributed by atoms with Crippen molar-refractivity contribution in [1.82, 2.24) is 15.0 Å². The SMILES string of the molecule is N#Cc1cccc(-c2cccc(-c3nc(-c4ccc(C56CC7C[C@H](C5)C[C@@H](C7)C6)cc4)nc(-c4cccc(-c5ccc(F)cc5)c4)n3)c2)c1. The lowest BCUT2D eigenvalue weighted by Crippen LogP contribution is -2.48. The molecule has 6 aromatic rings. The molecule has 49 heavy (non-hydrogen) atoms. The van der Waals surface area contributed by atoms with Gasteiger partial charge in [0.1, 0.15) is 5.82 Å². The summed E-state index contributed by atoms with van der Waals surface area (Å²) in [6, 6.07) is 41.7.